The van der Waals surface area contributed by atoms with Crippen LogP contribution in [-0.2, 0) is 107 Å². The second-order valence-corrected chi connectivity index (χ2v) is 34.9. The summed E-state index contributed by atoms with van der Waals surface area (Å²) in [6.45, 7) is 1.85. The number of amides is 16. The molecular formula is C89H124N24O21S. The first-order valence-electron chi connectivity index (χ1n) is 44.9. The van der Waals surface area contributed by atoms with E-state index in [9.17, 15) is 68.4 Å². The third-order valence-corrected chi connectivity index (χ3v) is 25.1. The van der Waals surface area contributed by atoms with Gasteiger partial charge in [0.05, 0.1) is 37.0 Å². The van der Waals surface area contributed by atoms with E-state index in [4.69, 9.17) is 22.6 Å². The number of hydrogen-bond acceptors (Lipinski definition) is 24. The number of aliphatic carboxylic acids is 1. The fourth-order valence-electron chi connectivity index (χ4n) is 16.4. The fourth-order valence-corrected chi connectivity index (χ4v) is 17.3. The van der Waals surface area contributed by atoms with Crippen LogP contribution in [0.4, 0.5) is 0 Å². The van der Waals surface area contributed by atoms with E-state index in [0.717, 1.165) is 36.3 Å². The molecule has 3 aromatic heterocycles. The molecule has 0 spiro atoms. The first-order chi connectivity index (χ1) is 64.4. The van der Waals surface area contributed by atoms with E-state index in [1.165, 1.54) is 64.9 Å². The minimum atomic E-state index is -1.93. The van der Waals surface area contributed by atoms with E-state index in [-0.39, 0.29) is 82.3 Å². The van der Waals surface area contributed by atoms with E-state index < -0.39 is 261 Å². The Kier molecular flexibility index (Phi) is 39.2. The molecule has 3 saturated heterocycles. The van der Waals surface area contributed by atoms with Gasteiger partial charge in [0.2, 0.25) is 94.5 Å². The molecule has 46 heteroatoms. The van der Waals surface area contributed by atoms with Gasteiger partial charge >= 0.3 is 5.97 Å². The van der Waals surface area contributed by atoms with Crippen molar-refractivity contribution in [3.8, 4) is 5.75 Å². The quantitative estimate of drug-likeness (QED) is 0.0140. The molecular weight excluding hydrogens is 1770 g/mol. The van der Waals surface area contributed by atoms with E-state index in [1.54, 1.807) is 60.9 Å². The number of unbranched alkanes of at least 4 members (excludes halogenated alkanes) is 2. The zero-order valence-electron chi connectivity index (χ0n) is 76.1. The fraction of sp³-hybridized carbons (Fsp3) is 0.517. The van der Waals surface area contributed by atoms with Crippen molar-refractivity contribution in [2.75, 3.05) is 72.0 Å². The van der Waals surface area contributed by atoms with Gasteiger partial charge in [-0.2, -0.15) is 0 Å². The molecule has 0 aliphatic carbocycles. The Hall–Kier alpha value is -13.8. The number of benzene rings is 3. The molecule has 9 rings (SSSR count). The van der Waals surface area contributed by atoms with Gasteiger partial charge in [-0.25, -0.2) is 4.98 Å². The number of rotatable bonds is 26. The summed E-state index contributed by atoms with van der Waals surface area (Å²) < 4.78 is 0. The highest BCUT2D eigenvalue weighted by atomic mass is 32.2. The van der Waals surface area contributed by atoms with Crippen LogP contribution in [0.15, 0.2) is 97.7 Å². The first kappa shape index (κ1) is 105. The molecule has 6 aromatic rings. The van der Waals surface area contributed by atoms with Crippen LogP contribution in [0.2, 0.25) is 0 Å². The molecule has 0 bridgehead atoms. The molecule has 25 N–H and O–H groups in total. The number of carboxylic acids is 1. The van der Waals surface area contributed by atoms with Crippen molar-refractivity contribution in [3.05, 3.63) is 120 Å². The van der Waals surface area contributed by atoms with Gasteiger partial charge in [0.1, 0.15) is 90.3 Å². The summed E-state index contributed by atoms with van der Waals surface area (Å²) in [4.78, 5) is 268. The second kappa shape index (κ2) is 50.4. The number of H-pyrrole nitrogens is 3. The Morgan fingerprint density at radius 3 is 1.70 bits per heavy atom. The monoisotopic (exact) mass is 1900 g/mol. The number of aromatic hydroxyl groups is 1. The number of guanidine groups is 1. The molecule has 732 valence electrons. The zero-order chi connectivity index (χ0) is 98.4. The van der Waals surface area contributed by atoms with Crippen LogP contribution >= 0.6 is 11.8 Å². The van der Waals surface area contributed by atoms with E-state index in [2.05, 4.69) is 78.4 Å². The summed E-state index contributed by atoms with van der Waals surface area (Å²) in [5, 5.41) is 80.7. The first-order valence-corrected chi connectivity index (χ1v) is 46.0. The predicted octanol–water partition coefficient (Wildman–Crippen LogP) is -4.03. The van der Waals surface area contributed by atoms with Crippen molar-refractivity contribution in [1.82, 2.24) is 103 Å². The number of primary amides is 1. The molecule has 0 saturated carbocycles. The van der Waals surface area contributed by atoms with Crippen molar-refractivity contribution in [1.29, 1.82) is 5.41 Å². The largest absolute Gasteiger partial charge is 0.508 e. The Balaban J connectivity index is 1.10. The number of phenolic OH excluding ortho intramolecular Hbond substituents is 1. The molecule has 0 radical (unpaired) electrons. The number of aromatic amines is 3. The summed E-state index contributed by atoms with van der Waals surface area (Å²) in [6.07, 6.45) is 2.72. The van der Waals surface area contributed by atoms with E-state index in [0.29, 0.717) is 64.2 Å². The van der Waals surface area contributed by atoms with Gasteiger partial charge in [-0.05, 0) is 92.8 Å². The van der Waals surface area contributed by atoms with Crippen molar-refractivity contribution in [2.24, 2.45) is 17.2 Å². The van der Waals surface area contributed by atoms with Gasteiger partial charge in [-0.3, -0.25) is 86.9 Å². The maximum Gasteiger partial charge on any atom is 0.303 e. The lowest BCUT2D eigenvalue weighted by molar-refractivity contribution is -0.149. The Bertz CT molecular complexity index is 5210. The molecule has 6 heterocycles. The Morgan fingerprint density at radius 2 is 1.10 bits per heavy atom. The van der Waals surface area contributed by atoms with Crippen LogP contribution < -0.4 is 75.7 Å². The topological polar surface area (TPSA) is 682 Å². The standard InChI is InChI=1S/C89H124N24O21S/c1-7-9-22-68-81(127)101-59(21-15-31-95-89(92)93)77(123)108-67(76(122)98-42-72(91)117)45-135-46-73(118)100-63(33-49-25-27-53(115)28-26-49)84(130)109(4)48(3)75(121)106-65(38-90)87(133)112-32-16-24-69(112)82(128)104-62(36-52-41-94-47-99-52)79(125)102-60(29-30-74(119)120)86(132)113-43-54(116)37-71(113)83(129)103-61(34-50-39-96-57-19-13-11-17-55(50)57)78(124)107-66(44-114)80(126)105-64(35-51-40-97-58-20-14-12-18-56(51)58)85(131)111(6)70(23-10-8-2)88(134)110(68)5/h11-14,17-20,25-28,39-41,47-48,54,59-71,96-97,114-116H,7-10,15-16,21-24,29-38,42-46,90H2,1-6H3,(H2,91,117)(H,94,99)(H,98,122)(H,100,118)(H,101,127)(H,102,125)(H,103,129)(H,104,128)(H,105,126)(H,106,121)(H,107,124)(H,108,123)(H,119,120)(H4,92,93,95)/t48-,54+,59-,60-,61-,62-,63-,64-,65-,66-,67-,68-,69-,70-,71-/m0/s1. The smallest absolute Gasteiger partial charge is 0.303 e. The SMILES string of the molecule is CCCC[C@H]1C(=O)N(C)[C@@H](CCCC)C(=O)N[C@@H](CCCNC(=N)N)C(=O)N[C@H](C(=O)NCC(N)=O)CSCC(=O)N[C@@H](Cc2ccc(O)cc2)C(=O)N(C)[C@@H](C)C(=O)N[C@@H](CN)C(=O)N2CCC[C@H]2C(=O)N[C@@H](Cc2c[nH]cn2)C(=O)N[C@@H](CCC(=O)O)C(=O)N2C[C@H](O)C[C@H]2C(=O)N[C@@H](Cc2c[nH]c3ccccc23)C(=O)N[C@@H](CO)C(=O)N[C@@H](Cc2c[nH]c3ccccc23)C(=O)N1C. The van der Waals surface area contributed by atoms with Crippen molar-refractivity contribution in [2.45, 2.75) is 221 Å². The maximum atomic E-state index is 15.7. The van der Waals surface area contributed by atoms with Gasteiger partial charge in [0.15, 0.2) is 5.96 Å². The Morgan fingerprint density at radius 1 is 0.556 bits per heavy atom. The molecule has 15 atom stereocenters. The number of thioether (sulfide) groups is 1. The number of nitrogens with two attached hydrogens (primary N) is 3. The van der Waals surface area contributed by atoms with Crippen LogP contribution in [0.1, 0.15) is 127 Å². The lowest BCUT2D eigenvalue weighted by Gasteiger charge is -2.36. The number of carboxylic acid groups (broad SMARTS) is 1. The number of carbonyl (C=O) groups is 17. The van der Waals surface area contributed by atoms with Crippen molar-refractivity contribution < 1.29 is 102 Å². The maximum absolute atomic E-state index is 15.7. The summed E-state index contributed by atoms with van der Waals surface area (Å²) >= 11 is 0.768. The zero-order valence-corrected chi connectivity index (χ0v) is 76.9. The molecule has 3 aliphatic rings. The van der Waals surface area contributed by atoms with E-state index >= 15 is 33.6 Å². The van der Waals surface area contributed by atoms with E-state index in [1.807, 2.05) is 13.8 Å². The number of aliphatic hydroxyl groups excluding tert-OH is 2. The number of nitrogens with zero attached hydrogens (tertiary/aromatic N) is 6. The molecule has 135 heavy (non-hydrogen) atoms. The molecule has 45 nitrogen and oxygen atoms in total. The second-order valence-electron chi connectivity index (χ2n) is 33.8. The van der Waals surface area contributed by atoms with Crippen LogP contribution in [0.5, 0.6) is 5.75 Å². The van der Waals surface area contributed by atoms with Gasteiger partial charge in [0.25, 0.3) is 0 Å². The van der Waals surface area contributed by atoms with Crippen LogP contribution in [0.25, 0.3) is 21.8 Å². The lowest BCUT2D eigenvalue weighted by Crippen LogP contribution is -2.62. The van der Waals surface area contributed by atoms with Crippen LogP contribution in [0, 0.1) is 5.41 Å². The van der Waals surface area contributed by atoms with Gasteiger partial charge < -0.3 is 136 Å². The molecule has 3 aromatic carbocycles. The molecule has 3 fully saturated rings. The van der Waals surface area contributed by atoms with Crippen LogP contribution in [-0.4, -0.2) is 334 Å². The third kappa shape index (κ3) is 29.1. The number of para-hydroxylation sites is 2. The number of phenols is 1. The number of hydrogen-bond donors (Lipinski definition) is 22. The number of carbonyl (C=O) groups excluding carboxylic acids is 16. The van der Waals surface area contributed by atoms with Crippen LogP contribution in [0.3, 0.4) is 0 Å². The predicted molar refractivity (Wildman–Crippen MR) is 492 cm³/mol. The summed E-state index contributed by atoms with van der Waals surface area (Å²) in [7, 11) is 3.90. The van der Waals surface area contributed by atoms with Gasteiger partial charge in [-0.15, -0.1) is 11.8 Å². The summed E-state index contributed by atoms with van der Waals surface area (Å²) in [5.74, 6) is -18.4. The minimum absolute atomic E-state index is 0.00810. The average molecular weight is 1900 g/mol. The highest BCUT2D eigenvalue weighted by Crippen LogP contribution is 2.28. The molecule has 3 aliphatic heterocycles. The number of likely N-dealkylation sites (N-methyl/N-ethyl adjacent to an activating group) is 3. The minimum Gasteiger partial charge on any atom is -0.508 e. The van der Waals surface area contributed by atoms with Gasteiger partial charge in [0, 0.05) is 132 Å². The lowest BCUT2D eigenvalue weighted by atomic mass is 10.00. The number of aromatic nitrogens is 4. The number of imidazole rings is 1. The average Bonchev–Trinajstić information content (AvgIpc) is 1.67. The molecule has 16 amide bonds. The number of aliphatic hydroxyl groups is 2. The number of nitrogens with one attached hydrogen (secondary N) is 15. The number of fused-ring (bicyclic) bond motifs is 4. The van der Waals surface area contributed by atoms with Crippen molar-refractivity contribution >= 4 is 140 Å². The van der Waals surface area contributed by atoms with Crippen molar-refractivity contribution in [3.63, 3.8) is 0 Å². The highest BCUT2D eigenvalue weighted by molar-refractivity contribution is 8.00. The normalized spacial score (nSPS) is 24.7. The summed E-state index contributed by atoms with van der Waals surface area (Å²) in [6, 6.07) is -2.78. The Labute approximate surface area is 782 Å². The molecule has 0 unspecified atom stereocenters. The van der Waals surface area contributed by atoms with Gasteiger partial charge in [-0.1, -0.05) is 88.1 Å². The highest BCUT2D eigenvalue weighted by Gasteiger charge is 2.47. The third-order valence-electron chi connectivity index (χ3n) is 24.1. The summed E-state index contributed by atoms with van der Waals surface area (Å²) in [5.41, 5.74) is 20.0.